The van der Waals surface area contributed by atoms with Crippen LogP contribution in [0.1, 0.15) is 23.1 Å². The quantitative estimate of drug-likeness (QED) is 0.748. The highest BCUT2D eigenvalue weighted by atomic mass is 127. The Morgan fingerprint density at radius 3 is 2.72 bits per heavy atom. The average Bonchev–Trinajstić information content (AvgIpc) is 2.85. The van der Waals surface area contributed by atoms with Crippen LogP contribution < -0.4 is 4.74 Å². The van der Waals surface area contributed by atoms with Crippen LogP contribution in [-0.4, -0.2) is 0 Å². The molecule has 0 bridgehead atoms. The van der Waals surface area contributed by atoms with Crippen molar-refractivity contribution in [2.24, 2.45) is 0 Å². The van der Waals surface area contributed by atoms with Crippen molar-refractivity contribution in [1.29, 1.82) is 0 Å². The SMILES string of the molecule is Ic1ccccc1OCc1ccc2c(c1)CCC2. The fraction of sp³-hybridized carbons (Fsp3) is 0.250. The molecular weight excluding hydrogens is 335 g/mol. The molecule has 0 unspecified atom stereocenters. The third-order valence-electron chi connectivity index (χ3n) is 3.39. The van der Waals surface area contributed by atoms with Crippen LogP contribution in [0.4, 0.5) is 0 Å². The number of ether oxygens (including phenoxy) is 1. The van der Waals surface area contributed by atoms with E-state index in [0.29, 0.717) is 6.61 Å². The second-order valence-corrected chi connectivity index (χ2v) is 5.84. The summed E-state index contributed by atoms with van der Waals surface area (Å²) in [6, 6.07) is 14.9. The van der Waals surface area contributed by atoms with E-state index in [9.17, 15) is 0 Å². The maximum Gasteiger partial charge on any atom is 0.133 e. The molecule has 0 aliphatic heterocycles. The Hall–Kier alpha value is -1.03. The average molecular weight is 350 g/mol. The van der Waals surface area contributed by atoms with E-state index in [1.807, 2.05) is 18.2 Å². The van der Waals surface area contributed by atoms with Gasteiger partial charge in [-0.1, -0.05) is 30.3 Å². The Morgan fingerprint density at radius 1 is 1.00 bits per heavy atom. The van der Waals surface area contributed by atoms with Crippen molar-refractivity contribution in [3.8, 4) is 5.75 Å². The monoisotopic (exact) mass is 350 g/mol. The van der Waals surface area contributed by atoms with Crippen molar-refractivity contribution < 1.29 is 4.74 Å². The number of benzene rings is 2. The number of hydrogen-bond donors (Lipinski definition) is 0. The maximum atomic E-state index is 5.88. The normalized spacial score (nSPS) is 13.4. The van der Waals surface area contributed by atoms with Crippen molar-refractivity contribution in [2.75, 3.05) is 0 Å². The van der Waals surface area contributed by atoms with E-state index < -0.39 is 0 Å². The lowest BCUT2D eigenvalue weighted by Gasteiger charge is -2.09. The first-order valence-corrected chi connectivity index (χ1v) is 7.39. The molecule has 0 amide bonds. The number of halogens is 1. The zero-order chi connectivity index (χ0) is 12.4. The van der Waals surface area contributed by atoms with Gasteiger partial charge in [-0.15, -0.1) is 0 Å². The predicted molar refractivity (Wildman–Crippen MR) is 82.0 cm³/mol. The number of rotatable bonds is 3. The van der Waals surface area contributed by atoms with E-state index in [2.05, 4.69) is 46.9 Å². The molecule has 92 valence electrons. The zero-order valence-electron chi connectivity index (χ0n) is 10.2. The lowest BCUT2D eigenvalue weighted by molar-refractivity contribution is 0.304. The highest BCUT2D eigenvalue weighted by Crippen LogP contribution is 2.24. The number of aryl methyl sites for hydroxylation is 2. The summed E-state index contributed by atoms with van der Waals surface area (Å²) in [5.41, 5.74) is 4.31. The van der Waals surface area contributed by atoms with Gasteiger partial charge in [0.1, 0.15) is 12.4 Å². The molecule has 0 spiro atoms. The van der Waals surface area contributed by atoms with Crippen LogP contribution in [0.25, 0.3) is 0 Å². The molecule has 0 saturated heterocycles. The number of para-hydroxylation sites is 1. The molecule has 0 saturated carbocycles. The Labute approximate surface area is 121 Å². The lowest BCUT2D eigenvalue weighted by atomic mass is 10.1. The van der Waals surface area contributed by atoms with Crippen LogP contribution in [0.3, 0.4) is 0 Å². The second-order valence-electron chi connectivity index (χ2n) is 4.68. The fourth-order valence-electron chi connectivity index (χ4n) is 2.44. The minimum absolute atomic E-state index is 0.660. The summed E-state index contributed by atoms with van der Waals surface area (Å²) in [6.07, 6.45) is 3.77. The number of fused-ring (bicyclic) bond motifs is 1. The molecule has 1 aliphatic carbocycles. The molecule has 1 nitrogen and oxygen atoms in total. The second kappa shape index (κ2) is 5.31. The van der Waals surface area contributed by atoms with Crippen LogP contribution in [0.5, 0.6) is 5.75 Å². The van der Waals surface area contributed by atoms with Gasteiger partial charge in [-0.2, -0.15) is 0 Å². The highest BCUT2D eigenvalue weighted by molar-refractivity contribution is 14.1. The summed E-state index contributed by atoms with van der Waals surface area (Å²) in [4.78, 5) is 0. The molecule has 0 aromatic heterocycles. The van der Waals surface area contributed by atoms with Crippen molar-refractivity contribution in [3.63, 3.8) is 0 Å². The first kappa shape index (κ1) is 12.0. The first-order valence-electron chi connectivity index (χ1n) is 6.31. The molecular formula is C16H15IO. The largest absolute Gasteiger partial charge is 0.488 e. The van der Waals surface area contributed by atoms with E-state index in [0.717, 1.165) is 9.32 Å². The number of hydrogen-bond acceptors (Lipinski definition) is 1. The van der Waals surface area contributed by atoms with E-state index in [1.165, 1.54) is 36.0 Å². The molecule has 0 fully saturated rings. The molecule has 0 radical (unpaired) electrons. The van der Waals surface area contributed by atoms with E-state index >= 15 is 0 Å². The van der Waals surface area contributed by atoms with Crippen molar-refractivity contribution in [3.05, 3.63) is 62.7 Å². The lowest BCUT2D eigenvalue weighted by Crippen LogP contribution is -1.98. The fourth-order valence-corrected chi connectivity index (χ4v) is 2.98. The summed E-state index contributed by atoms with van der Waals surface area (Å²) in [5.74, 6) is 0.971. The van der Waals surface area contributed by atoms with Gasteiger partial charge in [0.05, 0.1) is 3.57 Å². The highest BCUT2D eigenvalue weighted by Gasteiger charge is 2.11. The third kappa shape index (κ3) is 2.53. The van der Waals surface area contributed by atoms with Crippen LogP contribution in [-0.2, 0) is 19.4 Å². The molecule has 2 heteroatoms. The minimum Gasteiger partial charge on any atom is -0.488 e. The Balaban J connectivity index is 1.72. The van der Waals surface area contributed by atoms with E-state index in [4.69, 9.17) is 4.74 Å². The molecule has 1 aliphatic rings. The van der Waals surface area contributed by atoms with Gasteiger partial charge in [-0.25, -0.2) is 0 Å². The molecule has 2 aromatic carbocycles. The van der Waals surface area contributed by atoms with Gasteiger partial charge in [-0.3, -0.25) is 0 Å². The molecule has 0 atom stereocenters. The summed E-state index contributed by atoms with van der Waals surface area (Å²) in [5, 5.41) is 0. The van der Waals surface area contributed by atoms with Crippen molar-refractivity contribution in [2.45, 2.75) is 25.9 Å². The van der Waals surface area contributed by atoms with Gasteiger partial charge in [0.15, 0.2) is 0 Å². The van der Waals surface area contributed by atoms with Crippen molar-refractivity contribution >= 4 is 22.6 Å². The van der Waals surface area contributed by atoms with Crippen LogP contribution in [0.15, 0.2) is 42.5 Å². The van der Waals surface area contributed by atoms with Gasteiger partial charge in [0, 0.05) is 0 Å². The van der Waals surface area contributed by atoms with Crippen LogP contribution in [0, 0.1) is 3.57 Å². The standard InChI is InChI=1S/C16H15IO/c17-15-6-1-2-7-16(15)18-11-12-8-9-13-4-3-5-14(13)10-12/h1-2,6-10H,3-5,11H2. The summed E-state index contributed by atoms with van der Waals surface area (Å²) in [6.45, 7) is 0.660. The Bertz CT molecular complexity index is 563. The smallest absolute Gasteiger partial charge is 0.133 e. The van der Waals surface area contributed by atoms with Gasteiger partial charge in [0.2, 0.25) is 0 Å². The first-order chi connectivity index (χ1) is 8.83. The minimum atomic E-state index is 0.660. The summed E-state index contributed by atoms with van der Waals surface area (Å²) in [7, 11) is 0. The van der Waals surface area contributed by atoms with Crippen molar-refractivity contribution in [1.82, 2.24) is 0 Å². The van der Waals surface area contributed by atoms with Gasteiger partial charge >= 0.3 is 0 Å². The van der Waals surface area contributed by atoms with Gasteiger partial charge < -0.3 is 4.74 Å². The molecule has 18 heavy (non-hydrogen) atoms. The third-order valence-corrected chi connectivity index (χ3v) is 4.29. The summed E-state index contributed by atoms with van der Waals surface area (Å²) < 4.78 is 7.04. The zero-order valence-corrected chi connectivity index (χ0v) is 12.3. The van der Waals surface area contributed by atoms with Gasteiger partial charge in [0.25, 0.3) is 0 Å². The predicted octanol–water partition coefficient (Wildman–Crippen LogP) is 4.36. The molecule has 0 N–H and O–H groups in total. The summed E-state index contributed by atoms with van der Waals surface area (Å²) >= 11 is 2.31. The maximum absolute atomic E-state index is 5.88. The Kier molecular flexibility index (Phi) is 3.55. The molecule has 2 aromatic rings. The van der Waals surface area contributed by atoms with Gasteiger partial charge in [-0.05, 0) is 70.7 Å². The van der Waals surface area contributed by atoms with Crippen LogP contribution in [0.2, 0.25) is 0 Å². The topological polar surface area (TPSA) is 9.23 Å². The Morgan fingerprint density at radius 2 is 1.83 bits per heavy atom. The van der Waals surface area contributed by atoms with E-state index in [-0.39, 0.29) is 0 Å². The van der Waals surface area contributed by atoms with E-state index in [1.54, 1.807) is 0 Å². The molecule has 0 heterocycles. The molecule has 3 rings (SSSR count). The van der Waals surface area contributed by atoms with Crippen LogP contribution >= 0.6 is 22.6 Å².